The molecule has 3 N–H and O–H groups in total. The van der Waals surface area contributed by atoms with Crippen LogP contribution in [0.25, 0.3) is 10.8 Å². The van der Waals surface area contributed by atoms with Crippen molar-refractivity contribution in [3.8, 4) is 11.5 Å². The van der Waals surface area contributed by atoms with E-state index in [1.807, 2.05) is 55.5 Å². The van der Waals surface area contributed by atoms with Gasteiger partial charge in [-0.3, -0.25) is 9.78 Å². The highest BCUT2D eigenvalue weighted by Crippen LogP contribution is 2.34. The third-order valence-corrected chi connectivity index (χ3v) is 4.83. The van der Waals surface area contributed by atoms with Crippen LogP contribution < -0.4 is 20.7 Å². The van der Waals surface area contributed by atoms with Gasteiger partial charge in [-0.15, -0.1) is 0 Å². The summed E-state index contributed by atoms with van der Waals surface area (Å²) in [5, 5.41) is 9.94. The first-order chi connectivity index (χ1) is 15.5. The van der Waals surface area contributed by atoms with Crippen molar-refractivity contribution in [2.75, 3.05) is 17.7 Å². The Balaban J connectivity index is 1.59. The molecule has 3 amide bonds. The summed E-state index contributed by atoms with van der Waals surface area (Å²) in [6.45, 7) is 1.97. The highest BCUT2D eigenvalue weighted by atomic mass is 16.5. The topological polar surface area (TPSA) is 92.4 Å². The number of hydrogen-bond acceptors (Lipinski definition) is 4. The lowest BCUT2D eigenvalue weighted by Crippen LogP contribution is -2.19. The summed E-state index contributed by atoms with van der Waals surface area (Å²) in [7, 11) is 1.55. The number of aromatic nitrogens is 1. The van der Waals surface area contributed by atoms with Gasteiger partial charge in [0, 0.05) is 35.8 Å². The fourth-order valence-electron chi connectivity index (χ4n) is 3.33. The van der Waals surface area contributed by atoms with E-state index in [9.17, 15) is 9.59 Å². The van der Waals surface area contributed by atoms with Crippen molar-refractivity contribution in [3.63, 3.8) is 0 Å². The Morgan fingerprint density at radius 1 is 0.875 bits per heavy atom. The normalized spacial score (nSPS) is 10.4. The number of pyridine rings is 1. The number of nitrogens with one attached hydrogen (secondary N) is 3. The lowest BCUT2D eigenvalue weighted by atomic mass is 10.1. The second-order valence-electron chi connectivity index (χ2n) is 7.16. The molecule has 160 valence electrons. The number of benzene rings is 3. The second-order valence-corrected chi connectivity index (χ2v) is 7.16. The molecule has 0 aliphatic rings. The Hall–Kier alpha value is -4.39. The van der Waals surface area contributed by atoms with Gasteiger partial charge in [0.25, 0.3) is 5.91 Å². The SMILES string of the molecule is CNC(=O)c1cc(Oc2ccc(NC(=O)Nc3cccc(C)c3)c3ccccc23)ccn1. The number of ether oxygens (including phenoxy) is 1. The van der Waals surface area contributed by atoms with Crippen LogP contribution in [0, 0.1) is 6.92 Å². The maximum atomic E-state index is 12.5. The summed E-state index contributed by atoms with van der Waals surface area (Å²) < 4.78 is 6.05. The Bertz CT molecular complexity index is 1300. The average molecular weight is 426 g/mol. The molecule has 1 heterocycles. The number of aryl methyl sites for hydroxylation is 1. The Kier molecular flexibility index (Phi) is 5.98. The summed E-state index contributed by atoms with van der Waals surface area (Å²) in [4.78, 5) is 28.5. The van der Waals surface area contributed by atoms with Crippen molar-refractivity contribution < 1.29 is 14.3 Å². The number of anilines is 2. The zero-order chi connectivity index (χ0) is 22.5. The molecule has 1 aromatic heterocycles. The molecule has 4 rings (SSSR count). The first-order valence-corrected chi connectivity index (χ1v) is 10.1. The van der Waals surface area contributed by atoms with Crippen molar-refractivity contribution in [2.24, 2.45) is 0 Å². The lowest BCUT2D eigenvalue weighted by molar-refractivity contribution is 0.0958. The van der Waals surface area contributed by atoms with Crippen molar-refractivity contribution >= 4 is 34.1 Å². The van der Waals surface area contributed by atoms with E-state index >= 15 is 0 Å². The van der Waals surface area contributed by atoms with E-state index in [-0.39, 0.29) is 17.6 Å². The van der Waals surface area contributed by atoms with E-state index in [0.29, 0.717) is 17.2 Å². The van der Waals surface area contributed by atoms with E-state index < -0.39 is 0 Å². The number of hydrogen-bond donors (Lipinski definition) is 3. The van der Waals surface area contributed by atoms with Crippen molar-refractivity contribution in [1.29, 1.82) is 0 Å². The molecule has 0 spiro atoms. The number of rotatable bonds is 5. The predicted molar refractivity (Wildman–Crippen MR) is 125 cm³/mol. The maximum absolute atomic E-state index is 12.5. The predicted octanol–water partition coefficient (Wildman–Crippen LogP) is 5.34. The number of nitrogens with zero attached hydrogens (tertiary/aromatic N) is 1. The van der Waals surface area contributed by atoms with Crippen LogP contribution in [-0.4, -0.2) is 24.0 Å². The molecule has 0 radical (unpaired) electrons. The summed E-state index contributed by atoms with van der Waals surface area (Å²) in [6.07, 6.45) is 1.52. The molecular formula is C25H22N4O3. The second kappa shape index (κ2) is 9.18. The molecular weight excluding hydrogens is 404 g/mol. The van der Waals surface area contributed by atoms with Crippen molar-refractivity contribution in [2.45, 2.75) is 6.92 Å². The van der Waals surface area contributed by atoms with E-state index in [4.69, 9.17) is 4.74 Å². The average Bonchev–Trinajstić information content (AvgIpc) is 2.80. The summed E-state index contributed by atoms with van der Waals surface area (Å²) in [5.74, 6) is 0.792. The van der Waals surface area contributed by atoms with Gasteiger partial charge in [-0.25, -0.2) is 4.79 Å². The molecule has 0 aliphatic heterocycles. The highest BCUT2D eigenvalue weighted by molar-refractivity contribution is 6.07. The van der Waals surface area contributed by atoms with Gasteiger partial charge in [-0.1, -0.05) is 36.4 Å². The van der Waals surface area contributed by atoms with E-state index in [1.54, 1.807) is 31.3 Å². The van der Waals surface area contributed by atoms with Crippen molar-refractivity contribution in [3.05, 3.63) is 90.3 Å². The summed E-state index contributed by atoms with van der Waals surface area (Å²) in [5.41, 5.74) is 2.70. The first kappa shape index (κ1) is 20.9. The third-order valence-electron chi connectivity index (χ3n) is 4.83. The third kappa shape index (κ3) is 4.67. The number of amides is 3. The molecule has 0 atom stereocenters. The zero-order valence-electron chi connectivity index (χ0n) is 17.7. The van der Waals surface area contributed by atoms with E-state index in [0.717, 1.165) is 22.0 Å². The smallest absolute Gasteiger partial charge is 0.323 e. The van der Waals surface area contributed by atoms with Crippen LogP contribution in [-0.2, 0) is 0 Å². The van der Waals surface area contributed by atoms with Gasteiger partial charge >= 0.3 is 6.03 Å². The molecule has 0 fully saturated rings. The Morgan fingerprint density at radius 3 is 2.47 bits per heavy atom. The summed E-state index contributed by atoms with van der Waals surface area (Å²) >= 11 is 0. The Morgan fingerprint density at radius 2 is 1.69 bits per heavy atom. The number of urea groups is 1. The van der Waals surface area contributed by atoms with Crippen LogP contribution >= 0.6 is 0 Å². The fraction of sp³-hybridized carbons (Fsp3) is 0.0800. The first-order valence-electron chi connectivity index (χ1n) is 10.1. The molecule has 0 bridgehead atoms. The molecule has 7 nitrogen and oxygen atoms in total. The van der Waals surface area contributed by atoms with Crippen LogP contribution in [0.5, 0.6) is 11.5 Å². The van der Waals surface area contributed by atoms with Crippen molar-refractivity contribution in [1.82, 2.24) is 10.3 Å². The van der Waals surface area contributed by atoms with Gasteiger partial charge < -0.3 is 20.7 Å². The fourth-order valence-corrected chi connectivity index (χ4v) is 3.33. The van der Waals surface area contributed by atoms with Gasteiger partial charge in [-0.2, -0.15) is 0 Å². The van der Waals surface area contributed by atoms with Crippen LogP contribution in [0.1, 0.15) is 16.1 Å². The minimum atomic E-state index is -0.334. The molecule has 0 aliphatic carbocycles. The van der Waals surface area contributed by atoms with Gasteiger partial charge in [0.1, 0.15) is 17.2 Å². The maximum Gasteiger partial charge on any atom is 0.323 e. The van der Waals surface area contributed by atoms with E-state index in [1.165, 1.54) is 6.20 Å². The number of carbonyl (C=O) groups is 2. The minimum absolute atomic E-state index is 0.264. The van der Waals surface area contributed by atoms with Gasteiger partial charge in [0.2, 0.25) is 0 Å². The minimum Gasteiger partial charge on any atom is -0.457 e. The standard InChI is InChI=1S/C25H22N4O3/c1-16-6-5-7-17(14-16)28-25(31)29-21-10-11-23(20-9-4-3-8-19(20)21)32-18-12-13-27-22(15-18)24(30)26-2/h3-15H,1-2H3,(H,26,30)(H2,28,29,31). The molecule has 4 aromatic rings. The van der Waals surface area contributed by atoms with Crippen LogP contribution in [0.3, 0.4) is 0 Å². The number of fused-ring (bicyclic) bond motifs is 1. The van der Waals surface area contributed by atoms with Crippen LogP contribution in [0.15, 0.2) is 79.0 Å². The van der Waals surface area contributed by atoms with Crippen LogP contribution in [0.2, 0.25) is 0 Å². The molecule has 3 aromatic carbocycles. The van der Waals surface area contributed by atoms with E-state index in [2.05, 4.69) is 20.9 Å². The molecule has 0 unspecified atom stereocenters. The highest BCUT2D eigenvalue weighted by Gasteiger charge is 2.12. The molecule has 0 saturated heterocycles. The number of carbonyl (C=O) groups excluding carboxylic acids is 2. The van der Waals surface area contributed by atoms with Gasteiger partial charge in [0.05, 0.1) is 5.69 Å². The van der Waals surface area contributed by atoms with Gasteiger partial charge in [-0.05, 0) is 42.8 Å². The molecule has 32 heavy (non-hydrogen) atoms. The Labute approximate surface area is 185 Å². The monoisotopic (exact) mass is 426 g/mol. The lowest BCUT2D eigenvalue weighted by Gasteiger charge is -2.14. The molecule has 7 heteroatoms. The quantitative estimate of drug-likeness (QED) is 0.402. The van der Waals surface area contributed by atoms with Gasteiger partial charge in [0.15, 0.2) is 0 Å². The summed E-state index contributed by atoms with van der Waals surface area (Å²) in [6, 6.07) is 21.7. The zero-order valence-corrected chi connectivity index (χ0v) is 17.7. The largest absolute Gasteiger partial charge is 0.457 e. The molecule has 0 saturated carbocycles. The van der Waals surface area contributed by atoms with Crippen LogP contribution in [0.4, 0.5) is 16.2 Å².